The Hall–Kier alpha value is -2.89. The molecule has 0 unspecified atom stereocenters. The number of anilines is 3. The molecule has 0 radical (unpaired) electrons. The Labute approximate surface area is 134 Å². The van der Waals surface area contributed by atoms with Crippen LogP contribution >= 0.6 is 0 Å². The molecule has 0 atom stereocenters. The molecule has 1 aliphatic rings. The molecule has 0 saturated heterocycles. The summed E-state index contributed by atoms with van der Waals surface area (Å²) in [5, 5.41) is 8.71. The predicted octanol–water partition coefficient (Wildman–Crippen LogP) is 3.31. The molecule has 6 heteroatoms. The van der Waals surface area contributed by atoms with E-state index in [0.717, 1.165) is 24.2 Å². The van der Waals surface area contributed by atoms with Gasteiger partial charge in [0, 0.05) is 17.3 Å². The van der Waals surface area contributed by atoms with Crippen molar-refractivity contribution in [2.45, 2.75) is 25.8 Å². The van der Waals surface area contributed by atoms with E-state index in [4.69, 9.17) is 0 Å². The molecule has 0 spiro atoms. The lowest BCUT2D eigenvalue weighted by molar-refractivity contribution is 0.101. The molecule has 23 heavy (non-hydrogen) atoms. The van der Waals surface area contributed by atoms with Crippen LogP contribution in [-0.2, 0) is 0 Å². The molecule has 1 heterocycles. The van der Waals surface area contributed by atoms with Gasteiger partial charge < -0.3 is 10.6 Å². The number of aromatic nitrogens is 1. The van der Waals surface area contributed by atoms with Gasteiger partial charge in [0.15, 0.2) is 5.78 Å². The molecule has 3 N–H and O–H groups in total. The van der Waals surface area contributed by atoms with Crippen molar-refractivity contribution < 1.29 is 9.59 Å². The Morgan fingerprint density at radius 2 is 1.96 bits per heavy atom. The molecule has 1 aliphatic carbocycles. The standard InChI is InChI=1S/C17H18N4O2/c1-11(22)12-3-2-4-14(9-12)19-15-7-8-16(18-10-15)21-17(23)20-13-5-6-13/h2-4,7-10,13,19H,5-6H2,1H3,(H2,18,20,21,23). The highest BCUT2D eigenvalue weighted by atomic mass is 16.2. The molecular formula is C17H18N4O2. The summed E-state index contributed by atoms with van der Waals surface area (Å²) in [6.45, 7) is 1.54. The highest BCUT2D eigenvalue weighted by Crippen LogP contribution is 2.20. The Morgan fingerprint density at radius 1 is 1.13 bits per heavy atom. The van der Waals surface area contributed by atoms with Crippen LogP contribution < -0.4 is 16.0 Å². The highest BCUT2D eigenvalue weighted by molar-refractivity contribution is 5.95. The molecule has 2 amide bonds. The first kappa shape index (κ1) is 15.0. The van der Waals surface area contributed by atoms with Crippen LogP contribution in [0.4, 0.5) is 22.0 Å². The number of amides is 2. The lowest BCUT2D eigenvalue weighted by atomic mass is 10.1. The topological polar surface area (TPSA) is 83.1 Å². The van der Waals surface area contributed by atoms with E-state index in [-0.39, 0.29) is 11.8 Å². The first-order valence-electron chi connectivity index (χ1n) is 7.52. The van der Waals surface area contributed by atoms with Crippen molar-refractivity contribution >= 4 is 29.0 Å². The molecule has 6 nitrogen and oxygen atoms in total. The highest BCUT2D eigenvalue weighted by Gasteiger charge is 2.23. The predicted molar refractivity (Wildman–Crippen MR) is 89.1 cm³/mol. The van der Waals surface area contributed by atoms with Crippen molar-refractivity contribution in [2.24, 2.45) is 0 Å². The van der Waals surface area contributed by atoms with E-state index < -0.39 is 0 Å². The minimum atomic E-state index is -0.227. The largest absolute Gasteiger partial charge is 0.354 e. The summed E-state index contributed by atoms with van der Waals surface area (Å²) in [5.41, 5.74) is 2.24. The van der Waals surface area contributed by atoms with Gasteiger partial charge in [-0.05, 0) is 44.0 Å². The number of hydrogen-bond acceptors (Lipinski definition) is 4. The first-order chi connectivity index (χ1) is 11.1. The van der Waals surface area contributed by atoms with Gasteiger partial charge >= 0.3 is 6.03 Å². The van der Waals surface area contributed by atoms with E-state index in [2.05, 4.69) is 20.9 Å². The van der Waals surface area contributed by atoms with E-state index in [1.807, 2.05) is 18.2 Å². The van der Waals surface area contributed by atoms with E-state index >= 15 is 0 Å². The Kier molecular flexibility index (Phi) is 4.23. The average Bonchev–Trinajstić information content (AvgIpc) is 3.33. The van der Waals surface area contributed by atoms with Crippen molar-refractivity contribution in [3.8, 4) is 0 Å². The Morgan fingerprint density at radius 3 is 2.61 bits per heavy atom. The number of Topliss-reactive ketones (excluding diaryl/α,β-unsaturated/α-hetero) is 1. The maximum absolute atomic E-state index is 11.6. The SMILES string of the molecule is CC(=O)c1cccc(Nc2ccc(NC(=O)NC3CC3)nc2)c1. The van der Waals surface area contributed by atoms with Crippen LogP contribution in [0, 0.1) is 0 Å². The first-order valence-corrected chi connectivity index (χ1v) is 7.52. The van der Waals surface area contributed by atoms with Crippen molar-refractivity contribution in [3.63, 3.8) is 0 Å². The molecule has 1 saturated carbocycles. The van der Waals surface area contributed by atoms with E-state index in [1.165, 1.54) is 6.92 Å². The number of carbonyl (C=O) groups is 2. The van der Waals surface area contributed by atoms with Crippen molar-refractivity contribution in [3.05, 3.63) is 48.2 Å². The van der Waals surface area contributed by atoms with Crippen LogP contribution in [0.3, 0.4) is 0 Å². The molecule has 1 aromatic carbocycles. The third kappa shape index (κ3) is 4.29. The second-order valence-corrected chi connectivity index (χ2v) is 5.57. The number of nitrogens with one attached hydrogen (secondary N) is 3. The van der Waals surface area contributed by atoms with Gasteiger partial charge in [-0.1, -0.05) is 12.1 Å². The minimum absolute atomic E-state index is 0.0213. The fourth-order valence-electron chi connectivity index (χ4n) is 2.09. The smallest absolute Gasteiger partial charge is 0.320 e. The summed E-state index contributed by atoms with van der Waals surface area (Å²) in [5.74, 6) is 0.513. The normalized spacial score (nSPS) is 13.3. The lowest BCUT2D eigenvalue weighted by Gasteiger charge is -2.09. The van der Waals surface area contributed by atoms with Gasteiger partial charge in [0.05, 0.1) is 11.9 Å². The van der Waals surface area contributed by atoms with Crippen molar-refractivity contribution in [1.29, 1.82) is 0 Å². The van der Waals surface area contributed by atoms with Gasteiger partial charge in [0.2, 0.25) is 0 Å². The molecule has 2 aromatic rings. The van der Waals surface area contributed by atoms with Crippen LogP contribution in [0.1, 0.15) is 30.1 Å². The molecule has 0 aliphatic heterocycles. The van der Waals surface area contributed by atoms with E-state index in [0.29, 0.717) is 17.4 Å². The summed E-state index contributed by atoms with van der Waals surface area (Å²) in [7, 11) is 0. The number of hydrogen-bond donors (Lipinski definition) is 3. The zero-order valence-corrected chi connectivity index (χ0v) is 12.8. The van der Waals surface area contributed by atoms with Crippen molar-refractivity contribution in [2.75, 3.05) is 10.6 Å². The zero-order chi connectivity index (χ0) is 16.2. The second-order valence-electron chi connectivity index (χ2n) is 5.57. The quantitative estimate of drug-likeness (QED) is 0.740. The van der Waals surface area contributed by atoms with Crippen LogP contribution in [0.2, 0.25) is 0 Å². The van der Waals surface area contributed by atoms with Crippen LogP contribution in [-0.4, -0.2) is 22.8 Å². The van der Waals surface area contributed by atoms with Crippen LogP contribution in [0.15, 0.2) is 42.6 Å². The number of pyridine rings is 1. The van der Waals surface area contributed by atoms with Gasteiger partial charge in [-0.3, -0.25) is 10.1 Å². The maximum atomic E-state index is 11.6. The molecule has 3 rings (SSSR count). The molecule has 0 bridgehead atoms. The second kappa shape index (κ2) is 6.48. The van der Waals surface area contributed by atoms with Crippen LogP contribution in [0.25, 0.3) is 0 Å². The van der Waals surface area contributed by atoms with Gasteiger partial charge in [-0.15, -0.1) is 0 Å². The lowest BCUT2D eigenvalue weighted by Crippen LogP contribution is -2.30. The van der Waals surface area contributed by atoms with Gasteiger partial charge in [-0.2, -0.15) is 0 Å². The van der Waals surface area contributed by atoms with Crippen LogP contribution in [0.5, 0.6) is 0 Å². The maximum Gasteiger partial charge on any atom is 0.320 e. The number of nitrogens with zero attached hydrogens (tertiary/aromatic N) is 1. The minimum Gasteiger partial charge on any atom is -0.354 e. The Bertz CT molecular complexity index is 724. The molecule has 1 aromatic heterocycles. The van der Waals surface area contributed by atoms with Crippen molar-refractivity contribution in [1.82, 2.24) is 10.3 Å². The number of rotatable bonds is 5. The summed E-state index contributed by atoms with van der Waals surface area (Å²) >= 11 is 0. The molecule has 118 valence electrons. The number of benzene rings is 1. The van der Waals surface area contributed by atoms with E-state index in [9.17, 15) is 9.59 Å². The fraction of sp³-hybridized carbons (Fsp3) is 0.235. The summed E-state index contributed by atoms with van der Waals surface area (Å²) in [6, 6.07) is 10.9. The van der Waals surface area contributed by atoms with Gasteiger partial charge in [-0.25, -0.2) is 9.78 Å². The molecule has 1 fully saturated rings. The molecular weight excluding hydrogens is 292 g/mol. The monoisotopic (exact) mass is 310 g/mol. The fourth-order valence-corrected chi connectivity index (χ4v) is 2.09. The summed E-state index contributed by atoms with van der Waals surface area (Å²) < 4.78 is 0. The summed E-state index contributed by atoms with van der Waals surface area (Å²) in [6.07, 6.45) is 3.72. The number of carbonyl (C=O) groups excluding carboxylic acids is 2. The third-order valence-corrected chi connectivity index (χ3v) is 3.48. The number of urea groups is 1. The summed E-state index contributed by atoms with van der Waals surface area (Å²) in [4.78, 5) is 27.2. The third-order valence-electron chi connectivity index (χ3n) is 3.48. The number of ketones is 1. The van der Waals surface area contributed by atoms with Gasteiger partial charge in [0.25, 0.3) is 0 Å². The average molecular weight is 310 g/mol. The Balaban J connectivity index is 1.61. The van der Waals surface area contributed by atoms with E-state index in [1.54, 1.807) is 24.4 Å². The zero-order valence-electron chi connectivity index (χ0n) is 12.8. The van der Waals surface area contributed by atoms with Gasteiger partial charge in [0.1, 0.15) is 5.82 Å².